The van der Waals surface area contributed by atoms with Crippen molar-refractivity contribution in [1.29, 1.82) is 0 Å². The number of fused-ring (bicyclic) bond motifs is 1. The van der Waals surface area contributed by atoms with Gasteiger partial charge in [0, 0.05) is 25.4 Å². The highest BCUT2D eigenvalue weighted by atomic mass is 16.5. The molecule has 4 rings (SSSR count). The second kappa shape index (κ2) is 7.75. The van der Waals surface area contributed by atoms with E-state index in [4.69, 9.17) is 4.74 Å². The third-order valence-electron chi connectivity index (χ3n) is 4.77. The van der Waals surface area contributed by atoms with E-state index in [-0.39, 0.29) is 12.1 Å². The van der Waals surface area contributed by atoms with Crippen molar-refractivity contribution < 1.29 is 9.53 Å². The van der Waals surface area contributed by atoms with Gasteiger partial charge in [0.15, 0.2) is 5.65 Å². The first-order valence-corrected chi connectivity index (χ1v) is 9.22. The number of aromatic nitrogens is 3. The van der Waals surface area contributed by atoms with E-state index in [9.17, 15) is 4.79 Å². The quantitative estimate of drug-likeness (QED) is 0.770. The van der Waals surface area contributed by atoms with Crippen LogP contribution < -0.4 is 5.32 Å². The number of likely N-dealkylation sites (tertiary alicyclic amines) is 1. The molecule has 2 amide bonds. The molecule has 1 saturated heterocycles. The van der Waals surface area contributed by atoms with Gasteiger partial charge >= 0.3 is 6.03 Å². The number of rotatable bonds is 4. The fourth-order valence-corrected chi connectivity index (χ4v) is 3.31. The lowest BCUT2D eigenvalue weighted by molar-refractivity contribution is 0.00539. The summed E-state index contributed by atoms with van der Waals surface area (Å²) in [4.78, 5) is 18.7. The molecule has 2 aromatic heterocycles. The topological polar surface area (TPSA) is 71.8 Å². The smallest absolute Gasteiger partial charge is 0.323 e. The van der Waals surface area contributed by atoms with E-state index in [0.29, 0.717) is 25.5 Å². The van der Waals surface area contributed by atoms with Crippen LogP contribution in [0, 0.1) is 6.92 Å². The summed E-state index contributed by atoms with van der Waals surface area (Å²) in [6, 6.07) is 13.7. The average Bonchev–Trinajstić information content (AvgIpc) is 3.09. The van der Waals surface area contributed by atoms with Crippen LogP contribution >= 0.6 is 0 Å². The molecule has 27 heavy (non-hydrogen) atoms. The van der Waals surface area contributed by atoms with Crippen LogP contribution in [0.15, 0.2) is 48.7 Å². The van der Waals surface area contributed by atoms with Crippen LogP contribution in [0.5, 0.6) is 0 Å². The van der Waals surface area contributed by atoms with Gasteiger partial charge in [-0.1, -0.05) is 30.3 Å². The van der Waals surface area contributed by atoms with Crippen molar-refractivity contribution in [3.05, 3.63) is 59.9 Å². The highest BCUT2D eigenvalue weighted by molar-refractivity contribution is 5.88. The van der Waals surface area contributed by atoms with E-state index in [2.05, 4.69) is 27.5 Å². The monoisotopic (exact) mass is 365 g/mol. The zero-order valence-corrected chi connectivity index (χ0v) is 15.3. The van der Waals surface area contributed by atoms with Gasteiger partial charge in [-0.3, -0.25) is 5.32 Å². The molecule has 7 heteroatoms. The Morgan fingerprint density at radius 2 is 2.00 bits per heavy atom. The number of urea groups is 1. The minimum absolute atomic E-state index is 0.114. The number of nitrogens with one attached hydrogen (secondary N) is 1. The molecule has 1 aliphatic rings. The molecular weight excluding hydrogens is 342 g/mol. The molecule has 3 heterocycles. The number of amides is 2. The maximum atomic E-state index is 12.6. The van der Waals surface area contributed by atoms with Gasteiger partial charge in [0.1, 0.15) is 5.82 Å². The minimum atomic E-state index is -0.114. The number of nitrogens with zero attached hydrogens (tertiary/aromatic N) is 4. The van der Waals surface area contributed by atoms with Gasteiger partial charge in [-0.05, 0) is 31.4 Å². The van der Waals surface area contributed by atoms with Gasteiger partial charge in [0.25, 0.3) is 0 Å². The zero-order valence-electron chi connectivity index (χ0n) is 15.3. The summed E-state index contributed by atoms with van der Waals surface area (Å²) in [5.41, 5.74) is 2.76. The molecule has 0 unspecified atom stereocenters. The third-order valence-corrected chi connectivity index (χ3v) is 4.77. The standard InChI is InChI=1S/C20H23N5O2/c1-15-13-19-21-10-7-18(25(19)23-15)22-20(26)24-11-8-17(9-12-24)27-14-16-5-3-2-4-6-16/h2-7,10,13,17H,8-9,11-12,14H2,1H3,(H,22,26). The molecular formula is C20H23N5O2. The first kappa shape index (κ1) is 17.5. The Morgan fingerprint density at radius 3 is 2.78 bits per heavy atom. The van der Waals surface area contributed by atoms with Crippen LogP contribution in [0.4, 0.5) is 10.6 Å². The van der Waals surface area contributed by atoms with Crippen molar-refractivity contribution in [3.63, 3.8) is 0 Å². The predicted octanol–water partition coefficient (Wildman–Crippen LogP) is 3.25. The second-order valence-corrected chi connectivity index (χ2v) is 6.80. The first-order valence-electron chi connectivity index (χ1n) is 9.22. The minimum Gasteiger partial charge on any atom is -0.373 e. The lowest BCUT2D eigenvalue weighted by Gasteiger charge is -2.32. The largest absolute Gasteiger partial charge is 0.373 e. The SMILES string of the molecule is Cc1cc2nccc(NC(=O)N3CCC(OCc4ccccc4)CC3)n2n1. The lowest BCUT2D eigenvalue weighted by atomic mass is 10.1. The van der Waals surface area contributed by atoms with Crippen molar-refractivity contribution >= 4 is 17.5 Å². The van der Waals surface area contributed by atoms with Crippen LogP contribution in [-0.4, -0.2) is 44.7 Å². The average molecular weight is 365 g/mol. The van der Waals surface area contributed by atoms with Crippen LogP contribution in [0.25, 0.3) is 5.65 Å². The summed E-state index contributed by atoms with van der Waals surface area (Å²) >= 11 is 0. The maximum absolute atomic E-state index is 12.6. The molecule has 140 valence electrons. The molecule has 0 aliphatic carbocycles. The summed E-state index contributed by atoms with van der Waals surface area (Å²) in [5.74, 6) is 0.626. The van der Waals surface area contributed by atoms with Crippen molar-refractivity contribution in [2.75, 3.05) is 18.4 Å². The Bertz CT molecular complexity index is 917. The van der Waals surface area contributed by atoms with Gasteiger partial charge in [-0.25, -0.2) is 9.78 Å². The van der Waals surface area contributed by atoms with Crippen LogP contribution in [0.1, 0.15) is 24.1 Å². The molecule has 1 aromatic carbocycles. The van der Waals surface area contributed by atoms with Gasteiger partial charge in [0.05, 0.1) is 18.4 Å². The van der Waals surface area contributed by atoms with E-state index >= 15 is 0 Å². The summed E-state index contributed by atoms with van der Waals surface area (Å²) in [6.07, 6.45) is 3.55. The molecule has 0 saturated carbocycles. The maximum Gasteiger partial charge on any atom is 0.323 e. The highest BCUT2D eigenvalue weighted by Crippen LogP contribution is 2.17. The van der Waals surface area contributed by atoms with Gasteiger partial charge in [0.2, 0.25) is 0 Å². The predicted molar refractivity (Wildman–Crippen MR) is 103 cm³/mol. The van der Waals surface area contributed by atoms with Gasteiger partial charge in [-0.15, -0.1) is 0 Å². The van der Waals surface area contributed by atoms with Gasteiger partial charge in [-0.2, -0.15) is 9.61 Å². The fraction of sp³-hybridized carbons (Fsp3) is 0.350. The van der Waals surface area contributed by atoms with E-state index in [1.165, 1.54) is 5.56 Å². The van der Waals surface area contributed by atoms with Crippen molar-refractivity contribution in [2.45, 2.75) is 32.5 Å². The van der Waals surface area contributed by atoms with Crippen molar-refractivity contribution in [3.8, 4) is 0 Å². The first-order chi connectivity index (χ1) is 13.2. The number of benzene rings is 1. The molecule has 0 bridgehead atoms. The van der Waals surface area contributed by atoms with Crippen LogP contribution in [0.3, 0.4) is 0 Å². The molecule has 0 atom stereocenters. The summed E-state index contributed by atoms with van der Waals surface area (Å²) in [5, 5.41) is 7.32. The number of piperidine rings is 1. The van der Waals surface area contributed by atoms with Crippen molar-refractivity contribution in [1.82, 2.24) is 19.5 Å². The Kier molecular flexibility index (Phi) is 5.02. The third kappa shape index (κ3) is 4.09. The summed E-state index contributed by atoms with van der Waals surface area (Å²) < 4.78 is 7.65. The fourth-order valence-electron chi connectivity index (χ4n) is 3.31. The van der Waals surface area contributed by atoms with Gasteiger partial charge < -0.3 is 9.64 Å². The number of anilines is 1. The molecule has 1 aliphatic heterocycles. The molecule has 0 radical (unpaired) electrons. The number of hydrogen-bond acceptors (Lipinski definition) is 4. The summed E-state index contributed by atoms with van der Waals surface area (Å²) in [7, 11) is 0. The van der Waals surface area contributed by atoms with E-state index in [0.717, 1.165) is 24.2 Å². The highest BCUT2D eigenvalue weighted by Gasteiger charge is 2.23. The number of aryl methyl sites for hydroxylation is 1. The van der Waals surface area contributed by atoms with E-state index < -0.39 is 0 Å². The normalized spacial score (nSPS) is 15.2. The van der Waals surface area contributed by atoms with Crippen molar-refractivity contribution in [2.24, 2.45) is 0 Å². The Morgan fingerprint density at radius 1 is 1.22 bits per heavy atom. The molecule has 1 N–H and O–H groups in total. The van der Waals surface area contributed by atoms with Crippen LogP contribution in [-0.2, 0) is 11.3 Å². The molecule has 3 aromatic rings. The van der Waals surface area contributed by atoms with E-state index in [1.807, 2.05) is 36.1 Å². The zero-order chi connectivity index (χ0) is 18.6. The molecule has 0 spiro atoms. The Labute approximate surface area is 158 Å². The summed E-state index contributed by atoms with van der Waals surface area (Å²) in [6.45, 7) is 3.88. The lowest BCUT2D eigenvalue weighted by Crippen LogP contribution is -2.43. The Hall–Kier alpha value is -2.93. The number of carbonyl (C=O) groups excluding carboxylic acids is 1. The number of carbonyl (C=O) groups is 1. The number of ether oxygens (including phenoxy) is 1. The molecule has 1 fully saturated rings. The van der Waals surface area contributed by atoms with E-state index in [1.54, 1.807) is 16.8 Å². The second-order valence-electron chi connectivity index (χ2n) is 6.80. The van der Waals surface area contributed by atoms with Crippen LogP contribution in [0.2, 0.25) is 0 Å². The Balaban J connectivity index is 1.30. The number of hydrogen-bond donors (Lipinski definition) is 1. The molecule has 7 nitrogen and oxygen atoms in total.